The third-order valence-electron chi connectivity index (χ3n) is 0.711. The minimum absolute atomic E-state index is 0.190. The molecular weight excluding hydrogens is 183 g/mol. The molecule has 0 aromatic carbocycles. The van der Waals surface area contributed by atoms with E-state index in [2.05, 4.69) is 5.32 Å². The average molecular weight is 190 g/mol. The maximum atomic E-state index is 11.4. The lowest BCUT2D eigenvalue weighted by molar-refractivity contribution is 0.147. The van der Waals surface area contributed by atoms with Crippen LogP contribution in [0.25, 0.3) is 0 Å². The SMILES string of the molecule is FC(F)CNCC(Cl)=CCl. The standard InChI is InChI=1S/C5H7Cl2F2N/c6-1-4(7)2-10-3-5(8)9/h1,5,10H,2-3H2. The summed E-state index contributed by atoms with van der Waals surface area (Å²) in [6, 6.07) is 0. The van der Waals surface area contributed by atoms with Gasteiger partial charge in [-0.3, -0.25) is 0 Å². The van der Waals surface area contributed by atoms with Gasteiger partial charge in [0.05, 0.1) is 6.54 Å². The maximum absolute atomic E-state index is 11.4. The fourth-order valence-electron chi connectivity index (χ4n) is 0.339. The van der Waals surface area contributed by atoms with Gasteiger partial charge in [0.25, 0.3) is 6.43 Å². The van der Waals surface area contributed by atoms with E-state index in [1.165, 1.54) is 0 Å². The van der Waals surface area contributed by atoms with Crippen molar-refractivity contribution in [2.45, 2.75) is 6.43 Å². The van der Waals surface area contributed by atoms with Crippen LogP contribution in [0, 0.1) is 0 Å². The molecule has 0 rings (SSSR count). The van der Waals surface area contributed by atoms with Crippen LogP contribution in [0.2, 0.25) is 0 Å². The Hall–Kier alpha value is 0.140. The van der Waals surface area contributed by atoms with Crippen LogP contribution in [0.3, 0.4) is 0 Å². The van der Waals surface area contributed by atoms with Gasteiger partial charge in [0.1, 0.15) is 0 Å². The summed E-state index contributed by atoms with van der Waals surface area (Å²) in [4.78, 5) is 0. The molecule has 0 fully saturated rings. The molecule has 0 saturated heterocycles. The Labute approximate surface area is 68.0 Å². The van der Waals surface area contributed by atoms with E-state index < -0.39 is 6.43 Å². The Bertz CT molecular complexity index is 116. The molecule has 10 heavy (non-hydrogen) atoms. The van der Waals surface area contributed by atoms with Gasteiger partial charge in [-0.05, 0) is 0 Å². The van der Waals surface area contributed by atoms with Crippen molar-refractivity contribution >= 4 is 23.2 Å². The van der Waals surface area contributed by atoms with Crippen molar-refractivity contribution in [1.29, 1.82) is 0 Å². The van der Waals surface area contributed by atoms with Crippen LogP contribution < -0.4 is 5.32 Å². The third kappa shape index (κ3) is 6.26. The van der Waals surface area contributed by atoms with Gasteiger partial charge in [0.2, 0.25) is 0 Å². The smallest absolute Gasteiger partial charge is 0.250 e. The Kier molecular flexibility index (Phi) is 5.97. The molecule has 5 heteroatoms. The van der Waals surface area contributed by atoms with E-state index in [0.717, 1.165) is 5.54 Å². The van der Waals surface area contributed by atoms with Crippen molar-refractivity contribution in [2.24, 2.45) is 0 Å². The molecule has 0 bridgehead atoms. The Morgan fingerprint density at radius 3 is 2.60 bits per heavy atom. The molecule has 0 saturated carbocycles. The van der Waals surface area contributed by atoms with Gasteiger partial charge in [-0.25, -0.2) is 8.78 Å². The second kappa shape index (κ2) is 5.89. The van der Waals surface area contributed by atoms with Crippen LogP contribution in [0.4, 0.5) is 8.78 Å². The van der Waals surface area contributed by atoms with Crippen molar-refractivity contribution in [1.82, 2.24) is 5.32 Å². The summed E-state index contributed by atoms with van der Waals surface area (Å²) >= 11 is 10.5. The largest absolute Gasteiger partial charge is 0.306 e. The predicted molar refractivity (Wildman–Crippen MR) is 38.7 cm³/mol. The fourth-order valence-corrected chi connectivity index (χ4v) is 0.511. The molecule has 0 unspecified atom stereocenters. The zero-order chi connectivity index (χ0) is 7.98. The van der Waals surface area contributed by atoms with Gasteiger partial charge < -0.3 is 5.32 Å². The second-order valence-corrected chi connectivity index (χ2v) is 2.28. The zero-order valence-electron chi connectivity index (χ0n) is 5.08. The lowest BCUT2D eigenvalue weighted by atomic mass is 10.6. The van der Waals surface area contributed by atoms with Crippen LogP contribution in [0.1, 0.15) is 0 Å². The lowest BCUT2D eigenvalue weighted by Gasteiger charge is -2.00. The van der Waals surface area contributed by atoms with Gasteiger partial charge >= 0.3 is 0 Å². The minimum atomic E-state index is -2.35. The summed E-state index contributed by atoms with van der Waals surface area (Å²) in [5.74, 6) is 0. The van der Waals surface area contributed by atoms with Crippen molar-refractivity contribution in [3.05, 3.63) is 10.6 Å². The molecule has 1 N–H and O–H groups in total. The number of rotatable bonds is 4. The zero-order valence-corrected chi connectivity index (χ0v) is 6.59. The average Bonchev–Trinajstić information content (AvgIpc) is 1.87. The van der Waals surface area contributed by atoms with Crippen LogP contribution in [-0.2, 0) is 0 Å². The Morgan fingerprint density at radius 2 is 2.20 bits per heavy atom. The molecule has 0 atom stereocenters. The number of hydrogen-bond acceptors (Lipinski definition) is 1. The first kappa shape index (κ1) is 10.1. The van der Waals surface area contributed by atoms with E-state index in [1.54, 1.807) is 0 Å². The molecule has 0 heterocycles. The molecule has 0 radical (unpaired) electrons. The quantitative estimate of drug-likeness (QED) is 0.716. The number of hydrogen-bond donors (Lipinski definition) is 1. The highest BCUT2D eigenvalue weighted by Gasteiger charge is 2.00. The van der Waals surface area contributed by atoms with Crippen LogP contribution in [0.5, 0.6) is 0 Å². The van der Waals surface area contributed by atoms with Crippen LogP contribution >= 0.6 is 23.2 Å². The van der Waals surface area contributed by atoms with Crippen LogP contribution in [0.15, 0.2) is 10.6 Å². The van der Waals surface area contributed by atoms with E-state index in [0.29, 0.717) is 5.03 Å². The van der Waals surface area contributed by atoms with Gasteiger partial charge in [-0.15, -0.1) is 0 Å². The van der Waals surface area contributed by atoms with Crippen molar-refractivity contribution in [3.8, 4) is 0 Å². The van der Waals surface area contributed by atoms with Crippen molar-refractivity contribution in [3.63, 3.8) is 0 Å². The van der Waals surface area contributed by atoms with E-state index in [9.17, 15) is 8.78 Å². The van der Waals surface area contributed by atoms with Gasteiger partial charge in [-0.2, -0.15) is 0 Å². The molecule has 60 valence electrons. The summed E-state index contributed by atoms with van der Waals surface area (Å²) in [6.45, 7) is -0.170. The molecule has 0 spiro atoms. The maximum Gasteiger partial charge on any atom is 0.250 e. The molecule has 0 amide bonds. The summed E-state index contributed by atoms with van der Waals surface area (Å²) in [5.41, 5.74) is 1.14. The Morgan fingerprint density at radius 1 is 1.60 bits per heavy atom. The first-order valence-electron chi connectivity index (χ1n) is 2.60. The number of alkyl halides is 2. The monoisotopic (exact) mass is 189 g/mol. The second-order valence-electron chi connectivity index (χ2n) is 1.58. The molecule has 0 aromatic heterocycles. The fraction of sp³-hybridized carbons (Fsp3) is 0.600. The van der Waals surface area contributed by atoms with E-state index in [1.807, 2.05) is 0 Å². The van der Waals surface area contributed by atoms with Crippen molar-refractivity contribution < 1.29 is 8.78 Å². The number of nitrogens with one attached hydrogen (secondary N) is 1. The highest BCUT2D eigenvalue weighted by Crippen LogP contribution is 2.00. The molecule has 0 aromatic rings. The van der Waals surface area contributed by atoms with Gasteiger partial charge in [0.15, 0.2) is 0 Å². The third-order valence-corrected chi connectivity index (χ3v) is 1.33. The molecular formula is C5H7Cl2F2N. The van der Waals surface area contributed by atoms with E-state index >= 15 is 0 Å². The van der Waals surface area contributed by atoms with Crippen LogP contribution in [-0.4, -0.2) is 19.5 Å². The molecule has 0 aliphatic heterocycles. The first-order valence-corrected chi connectivity index (χ1v) is 3.42. The molecule has 0 aliphatic rings. The lowest BCUT2D eigenvalue weighted by Crippen LogP contribution is -2.22. The number of halogens is 4. The topological polar surface area (TPSA) is 12.0 Å². The summed E-state index contributed by atoms with van der Waals surface area (Å²) < 4.78 is 22.9. The normalized spacial score (nSPS) is 12.7. The van der Waals surface area contributed by atoms with E-state index in [-0.39, 0.29) is 13.1 Å². The minimum Gasteiger partial charge on any atom is -0.306 e. The molecule has 0 aliphatic carbocycles. The summed E-state index contributed by atoms with van der Waals surface area (Å²) in [6.07, 6.45) is -2.35. The van der Waals surface area contributed by atoms with Gasteiger partial charge in [0, 0.05) is 17.1 Å². The summed E-state index contributed by atoms with van der Waals surface area (Å²) in [5, 5.41) is 2.72. The van der Waals surface area contributed by atoms with Gasteiger partial charge in [-0.1, -0.05) is 23.2 Å². The van der Waals surface area contributed by atoms with E-state index in [4.69, 9.17) is 23.2 Å². The van der Waals surface area contributed by atoms with Crippen molar-refractivity contribution in [2.75, 3.05) is 13.1 Å². The summed E-state index contributed by atoms with van der Waals surface area (Å²) in [7, 11) is 0. The molecule has 1 nitrogen and oxygen atoms in total. The highest BCUT2D eigenvalue weighted by atomic mass is 35.5. The predicted octanol–water partition coefficient (Wildman–Crippen LogP) is 2.16. The first-order chi connectivity index (χ1) is 4.66. The Balaban J connectivity index is 3.20. The highest BCUT2D eigenvalue weighted by molar-refractivity contribution is 6.36.